The molecule has 0 N–H and O–H groups in total. The highest BCUT2D eigenvalue weighted by atomic mass is 32.2. The van der Waals surface area contributed by atoms with Gasteiger partial charge in [-0.3, -0.25) is 0 Å². The zero-order chi connectivity index (χ0) is 16.3. The number of nitrogens with zero attached hydrogens (tertiary/aromatic N) is 1. The molecule has 23 heavy (non-hydrogen) atoms. The van der Waals surface area contributed by atoms with Crippen LogP contribution < -0.4 is 4.18 Å². The van der Waals surface area contributed by atoms with E-state index in [9.17, 15) is 8.42 Å². The third-order valence-corrected chi connectivity index (χ3v) is 6.44. The van der Waals surface area contributed by atoms with Crippen LogP contribution in [0.4, 0.5) is 0 Å². The first-order valence-electron chi connectivity index (χ1n) is 7.96. The highest BCUT2D eigenvalue weighted by Gasteiger charge is 2.22. The minimum Gasteiger partial charge on any atom is -0.382 e. The normalized spacial score (nSPS) is 16.4. The molecule has 0 atom stereocenters. The zero-order valence-electron chi connectivity index (χ0n) is 13.2. The molecule has 1 aromatic heterocycles. The van der Waals surface area contributed by atoms with E-state index in [1.807, 2.05) is 24.4 Å². The van der Waals surface area contributed by atoms with Gasteiger partial charge in [0, 0.05) is 16.6 Å². The molecule has 1 aliphatic carbocycles. The number of aryl methyl sites for hydroxylation is 1. The molecule has 2 aromatic rings. The maximum absolute atomic E-state index is 12.2. The standard InChI is InChI=1S/C17H21NO3S2/c1-13-11-22-17(18-13)15-7-9-16(10-8-15)21-23(19,20)12-14-5-3-2-4-6-14/h7-11,14H,2-6,12H2,1H3. The summed E-state index contributed by atoms with van der Waals surface area (Å²) in [6.45, 7) is 1.95. The predicted octanol–water partition coefficient (Wildman–Crippen LogP) is 4.41. The Morgan fingerprint density at radius 2 is 1.87 bits per heavy atom. The van der Waals surface area contributed by atoms with Crippen LogP contribution in [0.2, 0.25) is 0 Å². The van der Waals surface area contributed by atoms with Crippen molar-refractivity contribution >= 4 is 21.5 Å². The van der Waals surface area contributed by atoms with Crippen LogP contribution >= 0.6 is 11.3 Å². The van der Waals surface area contributed by atoms with E-state index in [2.05, 4.69) is 4.98 Å². The third kappa shape index (κ3) is 4.54. The Morgan fingerprint density at radius 3 is 2.48 bits per heavy atom. The fourth-order valence-electron chi connectivity index (χ4n) is 2.96. The van der Waals surface area contributed by atoms with Gasteiger partial charge in [-0.25, -0.2) is 4.98 Å². The maximum atomic E-state index is 12.2. The van der Waals surface area contributed by atoms with Crippen molar-refractivity contribution in [2.24, 2.45) is 5.92 Å². The Morgan fingerprint density at radius 1 is 1.17 bits per heavy atom. The van der Waals surface area contributed by atoms with Crippen LogP contribution in [0.1, 0.15) is 37.8 Å². The Labute approximate surface area is 141 Å². The second-order valence-corrected chi connectivity index (χ2v) is 8.60. The Kier molecular flexibility index (Phi) is 5.02. The van der Waals surface area contributed by atoms with Crippen LogP contribution in [0.3, 0.4) is 0 Å². The number of aromatic nitrogens is 1. The highest BCUT2D eigenvalue weighted by Crippen LogP contribution is 2.28. The van der Waals surface area contributed by atoms with E-state index in [-0.39, 0.29) is 11.7 Å². The van der Waals surface area contributed by atoms with Gasteiger partial charge < -0.3 is 4.18 Å². The van der Waals surface area contributed by atoms with Gasteiger partial charge in [0.2, 0.25) is 0 Å². The lowest BCUT2D eigenvalue weighted by atomic mass is 9.91. The molecule has 1 aliphatic rings. The van der Waals surface area contributed by atoms with Gasteiger partial charge in [0.15, 0.2) is 0 Å². The molecule has 0 radical (unpaired) electrons. The van der Waals surface area contributed by atoms with Crippen molar-refractivity contribution in [2.45, 2.75) is 39.0 Å². The molecule has 0 saturated heterocycles. The fraction of sp³-hybridized carbons (Fsp3) is 0.471. The molecule has 3 rings (SSSR count). The minimum atomic E-state index is -3.52. The van der Waals surface area contributed by atoms with Gasteiger partial charge in [0.05, 0.1) is 5.75 Å². The van der Waals surface area contributed by atoms with E-state index in [4.69, 9.17) is 4.18 Å². The molecule has 4 nitrogen and oxygen atoms in total. The molecule has 0 unspecified atom stereocenters. The van der Waals surface area contributed by atoms with E-state index in [0.29, 0.717) is 5.75 Å². The lowest BCUT2D eigenvalue weighted by molar-refractivity contribution is 0.375. The van der Waals surface area contributed by atoms with E-state index < -0.39 is 10.1 Å². The van der Waals surface area contributed by atoms with Crippen LogP contribution in [0, 0.1) is 12.8 Å². The molecule has 0 aliphatic heterocycles. The SMILES string of the molecule is Cc1csc(-c2ccc(OS(=O)(=O)CC3CCCCC3)cc2)n1. The highest BCUT2D eigenvalue weighted by molar-refractivity contribution is 7.87. The summed E-state index contributed by atoms with van der Waals surface area (Å²) in [5.74, 6) is 0.740. The molecule has 124 valence electrons. The fourth-order valence-corrected chi connectivity index (χ4v) is 5.15. The number of benzene rings is 1. The van der Waals surface area contributed by atoms with Gasteiger partial charge in [-0.2, -0.15) is 8.42 Å². The summed E-state index contributed by atoms with van der Waals surface area (Å²) >= 11 is 1.57. The van der Waals surface area contributed by atoms with Gasteiger partial charge in [-0.1, -0.05) is 19.3 Å². The second kappa shape index (κ2) is 7.01. The van der Waals surface area contributed by atoms with E-state index >= 15 is 0 Å². The largest absolute Gasteiger partial charge is 0.382 e. The van der Waals surface area contributed by atoms with Crippen LogP contribution in [-0.2, 0) is 10.1 Å². The van der Waals surface area contributed by atoms with Crippen molar-refractivity contribution in [3.63, 3.8) is 0 Å². The van der Waals surface area contributed by atoms with Crippen molar-refractivity contribution in [1.29, 1.82) is 0 Å². The van der Waals surface area contributed by atoms with E-state index in [1.165, 1.54) is 6.42 Å². The number of hydrogen-bond acceptors (Lipinski definition) is 5. The summed E-state index contributed by atoms with van der Waals surface area (Å²) in [5, 5.41) is 2.92. The third-order valence-electron chi connectivity index (χ3n) is 4.11. The monoisotopic (exact) mass is 351 g/mol. The van der Waals surface area contributed by atoms with Gasteiger partial charge in [-0.15, -0.1) is 11.3 Å². The van der Waals surface area contributed by atoms with Crippen LogP contribution in [-0.4, -0.2) is 19.2 Å². The Bertz CT molecular complexity index is 744. The van der Waals surface area contributed by atoms with Crippen molar-refractivity contribution in [3.05, 3.63) is 35.3 Å². The summed E-state index contributed by atoms with van der Waals surface area (Å²) in [4.78, 5) is 4.42. The van der Waals surface area contributed by atoms with Crippen molar-refractivity contribution in [2.75, 3.05) is 5.75 Å². The molecule has 0 spiro atoms. The van der Waals surface area contributed by atoms with Crippen LogP contribution in [0.25, 0.3) is 10.6 Å². The molecule has 1 heterocycles. The lowest BCUT2D eigenvalue weighted by Gasteiger charge is -2.21. The van der Waals surface area contributed by atoms with E-state index in [1.54, 1.807) is 23.5 Å². The molecular formula is C17H21NO3S2. The Balaban J connectivity index is 1.65. The van der Waals surface area contributed by atoms with Gasteiger partial charge >= 0.3 is 10.1 Å². The summed E-state index contributed by atoms with van der Waals surface area (Å²) in [6, 6.07) is 7.10. The lowest BCUT2D eigenvalue weighted by Crippen LogP contribution is -2.22. The van der Waals surface area contributed by atoms with Crippen LogP contribution in [0.15, 0.2) is 29.6 Å². The number of thiazole rings is 1. The minimum absolute atomic E-state index is 0.125. The number of hydrogen-bond donors (Lipinski definition) is 0. The predicted molar refractivity (Wildman–Crippen MR) is 93.3 cm³/mol. The first-order valence-corrected chi connectivity index (χ1v) is 10.4. The molecule has 1 fully saturated rings. The van der Waals surface area contributed by atoms with E-state index in [0.717, 1.165) is 41.9 Å². The zero-order valence-corrected chi connectivity index (χ0v) is 14.8. The molecule has 1 saturated carbocycles. The average Bonchev–Trinajstić information content (AvgIpc) is 2.95. The van der Waals surface area contributed by atoms with Gasteiger partial charge in [0.25, 0.3) is 0 Å². The van der Waals surface area contributed by atoms with Crippen molar-refractivity contribution in [3.8, 4) is 16.3 Å². The summed E-state index contributed by atoms with van der Waals surface area (Å²) in [7, 11) is -3.52. The smallest absolute Gasteiger partial charge is 0.309 e. The average molecular weight is 351 g/mol. The van der Waals surface area contributed by atoms with Crippen LogP contribution in [0.5, 0.6) is 5.75 Å². The quantitative estimate of drug-likeness (QED) is 0.749. The molecule has 0 amide bonds. The summed E-state index contributed by atoms with van der Waals surface area (Å²) in [5.41, 5.74) is 1.96. The summed E-state index contributed by atoms with van der Waals surface area (Å²) < 4.78 is 29.6. The van der Waals surface area contributed by atoms with Gasteiger partial charge in [0.1, 0.15) is 10.8 Å². The first-order chi connectivity index (χ1) is 11.0. The first kappa shape index (κ1) is 16.5. The topological polar surface area (TPSA) is 56.3 Å². The molecule has 0 bridgehead atoms. The van der Waals surface area contributed by atoms with Crippen molar-refractivity contribution in [1.82, 2.24) is 4.98 Å². The second-order valence-electron chi connectivity index (χ2n) is 6.13. The van der Waals surface area contributed by atoms with Crippen molar-refractivity contribution < 1.29 is 12.6 Å². The number of rotatable bonds is 5. The molecule has 1 aromatic carbocycles. The van der Waals surface area contributed by atoms with Gasteiger partial charge in [-0.05, 0) is 49.9 Å². The summed E-state index contributed by atoms with van der Waals surface area (Å²) in [6.07, 6.45) is 5.45. The molecule has 6 heteroatoms. The Hall–Kier alpha value is -1.40. The maximum Gasteiger partial charge on any atom is 0.309 e. The molecular weight excluding hydrogens is 330 g/mol.